The number of benzene rings is 1. The van der Waals surface area contributed by atoms with E-state index >= 15 is 0 Å². The molecule has 0 bridgehead atoms. The van der Waals surface area contributed by atoms with Crippen molar-refractivity contribution in [2.45, 2.75) is 31.3 Å². The topological polar surface area (TPSA) is 43.4 Å². The minimum absolute atomic E-state index is 0.0576. The van der Waals surface area contributed by atoms with Gasteiger partial charge in [-0.1, -0.05) is 24.6 Å². The maximum Gasteiger partial charge on any atom is 0.391 e. The molecular formula is C12H15F3O3S. The number of halogens is 3. The van der Waals surface area contributed by atoms with E-state index in [9.17, 15) is 21.6 Å². The van der Waals surface area contributed by atoms with Gasteiger partial charge < -0.3 is 0 Å². The summed E-state index contributed by atoms with van der Waals surface area (Å²) < 4.78 is 64.6. The Kier molecular flexibility index (Phi) is 4.98. The van der Waals surface area contributed by atoms with Crippen molar-refractivity contribution < 1.29 is 25.8 Å². The molecular weight excluding hydrogens is 281 g/mol. The van der Waals surface area contributed by atoms with Crippen LogP contribution in [0.25, 0.3) is 0 Å². The lowest BCUT2D eigenvalue weighted by atomic mass is 10.1. The molecule has 0 unspecified atom stereocenters. The molecule has 0 saturated carbocycles. The van der Waals surface area contributed by atoms with E-state index in [0.29, 0.717) is 0 Å². The van der Waals surface area contributed by atoms with Crippen molar-refractivity contribution in [3.63, 3.8) is 0 Å². The lowest BCUT2D eigenvalue weighted by Crippen LogP contribution is -2.22. The molecule has 1 rings (SSSR count). The summed E-state index contributed by atoms with van der Waals surface area (Å²) in [6.07, 6.45) is -4.73. The molecule has 0 fully saturated rings. The Morgan fingerprint density at radius 2 is 1.74 bits per heavy atom. The van der Waals surface area contributed by atoms with Crippen molar-refractivity contribution in [2.75, 3.05) is 6.61 Å². The predicted molar refractivity (Wildman–Crippen MR) is 64.2 cm³/mol. The molecule has 0 aromatic heterocycles. The number of hydrogen-bond acceptors (Lipinski definition) is 3. The van der Waals surface area contributed by atoms with Crippen LogP contribution < -0.4 is 0 Å². The highest BCUT2D eigenvalue weighted by atomic mass is 32.2. The number of aryl methyl sites for hydroxylation is 1. The molecule has 19 heavy (non-hydrogen) atoms. The zero-order valence-corrected chi connectivity index (χ0v) is 11.4. The fourth-order valence-electron chi connectivity index (χ4n) is 1.27. The summed E-state index contributed by atoms with van der Waals surface area (Å²) in [4.78, 5) is -0.0576. The zero-order chi connectivity index (χ0) is 14.7. The minimum atomic E-state index is -4.34. The van der Waals surface area contributed by atoms with Gasteiger partial charge in [-0.2, -0.15) is 21.6 Å². The lowest BCUT2D eigenvalue weighted by Gasteiger charge is -2.15. The molecule has 0 aliphatic heterocycles. The van der Waals surface area contributed by atoms with Gasteiger partial charge in [-0.25, -0.2) is 0 Å². The second kappa shape index (κ2) is 5.92. The first-order valence-electron chi connectivity index (χ1n) is 5.66. The molecule has 0 N–H and O–H groups in total. The number of rotatable bonds is 5. The molecule has 0 aliphatic rings. The molecule has 0 heterocycles. The largest absolute Gasteiger partial charge is 0.391 e. The van der Waals surface area contributed by atoms with Crippen LogP contribution in [0.3, 0.4) is 0 Å². The molecule has 0 aliphatic carbocycles. The fourth-order valence-corrected chi connectivity index (χ4v) is 2.19. The van der Waals surface area contributed by atoms with Crippen LogP contribution in [0.5, 0.6) is 0 Å². The molecule has 0 saturated heterocycles. The molecule has 1 aromatic carbocycles. The van der Waals surface area contributed by atoms with Gasteiger partial charge in [0.1, 0.15) is 0 Å². The van der Waals surface area contributed by atoms with Crippen LogP contribution in [-0.4, -0.2) is 21.2 Å². The second-order valence-electron chi connectivity index (χ2n) is 4.32. The van der Waals surface area contributed by atoms with Crippen LogP contribution in [0, 0.1) is 12.8 Å². The van der Waals surface area contributed by atoms with Crippen LogP contribution in [0.1, 0.15) is 18.9 Å². The molecule has 0 radical (unpaired) electrons. The first-order chi connectivity index (χ1) is 8.63. The molecule has 7 heteroatoms. The molecule has 1 atom stereocenters. The SMILES string of the molecule is Cc1ccc(S(=O)(=O)OCC[C@@H](C)C(F)(F)F)cc1. The van der Waals surface area contributed by atoms with Gasteiger partial charge in [-0.3, -0.25) is 4.18 Å². The average Bonchev–Trinajstić information content (AvgIpc) is 2.28. The highest BCUT2D eigenvalue weighted by molar-refractivity contribution is 7.86. The Morgan fingerprint density at radius 3 is 2.21 bits per heavy atom. The van der Waals surface area contributed by atoms with Gasteiger partial charge in [0.05, 0.1) is 17.4 Å². The van der Waals surface area contributed by atoms with Crippen LogP contribution >= 0.6 is 0 Å². The van der Waals surface area contributed by atoms with Crippen LogP contribution in [-0.2, 0) is 14.3 Å². The molecule has 1 aromatic rings. The van der Waals surface area contributed by atoms with Gasteiger partial charge in [-0.15, -0.1) is 0 Å². The van der Waals surface area contributed by atoms with E-state index < -0.39 is 35.2 Å². The summed E-state index contributed by atoms with van der Waals surface area (Å²) >= 11 is 0. The predicted octanol–water partition coefficient (Wildman–Crippen LogP) is 3.29. The zero-order valence-electron chi connectivity index (χ0n) is 10.6. The van der Waals surface area contributed by atoms with E-state index in [1.54, 1.807) is 19.1 Å². The van der Waals surface area contributed by atoms with Gasteiger partial charge >= 0.3 is 6.18 Å². The van der Waals surface area contributed by atoms with Gasteiger partial charge in [0.25, 0.3) is 10.1 Å². The van der Waals surface area contributed by atoms with Crippen molar-refractivity contribution in [3.8, 4) is 0 Å². The molecule has 0 amide bonds. The summed E-state index contributed by atoms with van der Waals surface area (Å²) in [6.45, 7) is 2.29. The van der Waals surface area contributed by atoms with Gasteiger partial charge in [0, 0.05) is 0 Å². The first-order valence-corrected chi connectivity index (χ1v) is 7.06. The molecule has 0 spiro atoms. The lowest BCUT2D eigenvalue weighted by molar-refractivity contribution is -0.172. The minimum Gasteiger partial charge on any atom is -0.266 e. The summed E-state index contributed by atoms with van der Waals surface area (Å²) in [5.41, 5.74) is 0.879. The van der Waals surface area contributed by atoms with E-state index in [2.05, 4.69) is 4.18 Å². The molecule has 108 valence electrons. The maximum absolute atomic E-state index is 12.2. The fraction of sp³-hybridized carbons (Fsp3) is 0.500. The monoisotopic (exact) mass is 296 g/mol. The Bertz CT molecular complexity index is 506. The van der Waals surface area contributed by atoms with Crippen molar-refractivity contribution in [1.82, 2.24) is 0 Å². The number of alkyl halides is 3. The van der Waals surface area contributed by atoms with Crippen LogP contribution in [0.15, 0.2) is 29.2 Å². The highest BCUT2D eigenvalue weighted by Gasteiger charge is 2.35. The van der Waals surface area contributed by atoms with Crippen molar-refractivity contribution >= 4 is 10.1 Å². The van der Waals surface area contributed by atoms with Gasteiger partial charge in [0.2, 0.25) is 0 Å². The standard InChI is InChI=1S/C12H15F3O3S/c1-9-3-5-11(6-4-9)19(16,17)18-8-7-10(2)12(13,14)15/h3-6,10H,7-8H2,1-2H3/t10-/m1/s1. The van der Waals surface area contributed by atoms with E-state index in [4.69, 9.17) is 0 Å². The molecule has 3 nitrogen and oxygen atoms in total. The Labute approximate surface area is 110 Å². The average molecular weight is 296 g/mol. The third-order valence-corrected chi connectivity index (χ3v) is 3.98. The Hall–Kier alpha value is -1.08. The Balaban J connectivity index is 2.60. The van der Waals surface area contributed by atoms with Crippen molar-refractivity contribution in [2.24, 2.45) is 5.92 Å². The van der Waals surface area contributed by atoms with Crippen molar-refractivity contribution in [1.29, 1.82) is 0 Å². The summed E-state index contributed by atoms with van der Waals surface area (Å²) in [5.74, 6) is -1.60. The highest BCUT2D eigenvalue weighted by Crippen LogP contribution is 2.28. The van der Waals surface area contributed by atoms with E-state index in [1.807, 2.05) is 0 Å². The normalized spacial score (nSPS) is 14.4. The summed E-state index contributed by atoms with van der Waals surface area (Å²) in [6, 6.07) is 5.90. The van der Waals surface area contributed by atoms with Crippen molar-refractivity contribution in [3.05, 3.63) is 29.8 Å². The van der Waals surface area contributed by atoms with E-state index in [1.165, 1.54) is 12.1 Å². The van der Waals surface area contributed by atoms with E-state index in [0.717, 1.165) is 12.5 Å². The van der Waals surface area contributed by atoms with Crippen LogP contribution in [0.2, 0.25) is 0 Å². The van der Waals surface area contributed by atoms with Crippen LogP contribution in [0.4, 0.5) is 13.2 Å². The second-order valence-corrected chi connectivity index (χ2v) is 5.94. The smallest absolute Gasteiger partial charge is 0.266 e. The third-order valence-electron chi connectivity index (χ3n) is 2.66. The maximum atomic E-state index is 12.2. The van der Waals surface area contributed by atoms with E-state index in [-0.39, 0.29) is 4.90 Å². The summed E-state index contributed by atoms with van der Waals surface area (Å²) in [7, 11) is -3.99. The number of hydrogen-bond donors (Lipinski definition) is 0. The van der Waals surface area contributed by atoms with Gasteiger partial charge in [0.15, 0.2) is 0 Å². The Morgan fingerprint density at radius 1 is 1.21 bits per heavy atom. The summed E-state index contributed by atoms with van der Waals surface area (Å²) in [5, 5.41) is 0. The quantitative estimate of drug-likeness (QED) is 0.783. The third kappa shape index (κ3) is 4.83. The first kappa shape index (κ1) is 16.0. The van der Waals surface area contributed by atoms with Gasteiger partial charge in [-0.05, 0) is 25.5 Å².